The van der Waals surface area contributed by atoms with E-state index < -0.39 is 0 Å². The summed E-state index contributed by atoms with van der Waals surface area (Å²) in [6.45, 7) is 3.39. The third-order valence-electron chi connectivity index (χ3n) is 3.11. The number of carbonyl (C=O) groups excluding carboxylic acids is 1. The van der Waals surface area contributed by atoms with Crippen LogP contribution in [-0.2, 0) is 13.6 Å². The van der Waals surface area contributed by atoms with E-state index in [0.717, 1.165) is 18.5 Å². The van der Waals surface area contributed by atoms with E-state index in [-0.39, 0.29) is 5.91 Å². The molecule has 0 aliphatic rings. The minimum atomic E-state index is -0.0504. The second-order valence-electron chi connectivity index (χ2n) is 5.01. The van der Waals surface area contributed by atoms with Gasteiger partial charge in [-0.15, -0.1) is 0 Å². The van der Waals surface area contributed by atoms with Crippen LogP contribution in [-0.4, -0.2) is 39.2 Å². The quantitative estimate of drug-likeness (QED) is 0.881. The molecule has 1 amide bonds. The van der Waals surface area contributed by atoms with Crippen molar-refractivity contribution in [2.45, 2.75) is 19.9 Å². The van der Waals surface area contributed by atoms with Gasteiger partial charge in [-0.1, -0.05) is 6.92 Å². The zero-order chi connectivity index (χ0) is 15.2. The Balaban J connectivity index is 2.11. The molecule has 0 bridgehead atoms. The topological polar surface area (TPSA) is 63.1 Å². The zero-order valence-corrected chi connectivity index (χ0v) is 12.7. The molecule has 0 atom stereocenters. The van der Waals surface area contributed by atoms with Gasteiger partial charge >= 0.3 is 0 Å². The molecule has 1 N–H and O–H groups in total. The van der Waals surface area contributed by atoms with Gasteiger partial charge in [0.25, 0.3) is 5.91 Å². The van der Waals surface area contributed by atoms with Crippen molar-refractivity contribution >= 4 is 11.7 Å². The number of pyridine rings is 1. The lowest BCUT2D eigenvalue weighted by Crippen LogP contribution is -2.27. The zero-order valence-electron chi connectivity index (χ0n) is 12.7. The van der Waals surface area contributed by atoms with E-state index in [1.807, 2.05) is 13.2 Å². The molecule has 0 saturated carbocycles. The number of rotatable bonds is 6. The summed E-state index contributed by atoms with van der Waals surface area (Å²) < 4.78 is 1.73. The van der Waals surface area contributed by atoms with Crippen molar-refractivity contribution in [3.05, 3.63) is 41.9 Å². The van der Waals surface area contributed by atoms with Gasteiger partial charge in [0.15, 0.2) is 0 Å². The largest absolute Gasteiger partial charge is 0.369 e. The van der Waals surface area contributed by atoms with Crippen LogP contribution in [0.1, 0.15) is 29.3 Å². The first-order valence-electron chi connectivity index (χ1n) is 7.03. The Hall–Kier alpha value is -2.37. The number of nitrogens with one attached hydrogen (secondary N) is 1. The van der Waals surface area contributed by atoms with Crippen LogP contribution in [0.5, 0.6) is 0 Å². The molecule has 2 heterocycles. The highest BCUT2D eigenvalue weighted by Gasteiger charge is 2.17. The van der Waals surface area contributed by atoms with Crippen LogP contribution in [0.25, 0.3) is 0 Å². The van der Waals surface area contributed by atoms with Crippen molar-refractivity contribution in [1.29, 1.82) is 0 Å². The highest BCUT2D eigenvalue weighted by atomic mass is 16.2. The highest BCUT2D eigenvalue weighted by Crippen LogP contribution is 2.15. The molecule has 6 heteroatoms. The second kappa shape index (κ2) is 6.88. The fourth-order valence-electron chi connectivity index (χ4n) is 2.07. The fourth-order valence-corrected chi connectivity index (χ4v) is 2.07. The molecule has 0 fully saturated rings. The molecule has 112 valence electrons. The lowest BCUT2D eigenvalue weighted by molar-refractivity contribution is 0.0785. The smallest absolute Gasteiger partial charge is 0.257 e. The van der Waals surface area contributed by atoms with Crippen LogP contribution in [0.15, 0.2) is 30.7 Å². The van der Waals surface area contributed by atoms with Gasteiger partial charge in [0.05, 0.1) is 11.8 Å². The van der Waals surface area contributed by atoms with Crippen molar-refractivity contribution in [3.63, 3.8) is 0 Å². The van der Waals surface area contributed by atoms with Gasteiger partial charge in [-0.3, -0.25) is 9.48 Å². The van der Waals surface area contributed by atoms with Gasteiger partial charge in [-0.25, -0.2) is 4.98 Å². The Labute approximate surface area is 124 Å². The number of carbonyl (C=O) groups is 1. The summed E-state index contributed by atoms with van der Waals surface area (Å²) in [6.07, 6.45) is 6.35. The van der Waals surface area contributed by atoms with E-state index in [1.54, 1.807) is 41.2 Å². The maximum atomic E-state index is 12.6. The van der Waals surface area contributed by atoms with Crippen LogP contribution >= 0.6 is 0 Å². The summed E-state index contributed by atoms with van der Waals surface area (Å²) in [5, 5.41) is 7.31. The normalized spacial score (nSPS) is 10.4. The molecule has 0 unspecified atom stereocenters. The van der Waals surface area contributed by atoms with Crippen molar-refractivity contribution in [1.82, 2.24) is 19.7 Å². The van der Waals surface area contributed by atoms with Gasteiger partial charge in [0, 0.05) is 45.1 Å². The number of hydrogen-bond donors (Lipinski definition) is 1. The fraction of sp³-hybridized carbons (Fsp3) is 0.400. The Kier molecular flexibility index (Phi) is 4.92. The van der Waals surface area contributed by atoms with E-state index in [0.29, 0.717) is 17.9 Å². The van der Waals surface area contributed by atoms with E-state index >= 15 is 0 Å². The van der Waals surface area contributed by atoms with Crippen molar-refractivity contribution < 1.29 is 4.79 Å². The Bertz CT molecular complexity index is 608. The molecule has 21 heavy (non-hydrogen) atoms. The minimum Gasteiger partial charge on any atom is -0.369 e. The van der Waals surface area contributed by atoms with Crippen molar-refractivity contribution in [2.75, 3.05) is 18.9 Å². The summed E-state index contributed by atoms with van der Waals surface area (Å²) in [5.41, 5.74) is 1.60. The summed E-state index contributed by atoms with van der Waals surface area (Å²) in [7, 11) is 3.64. The first-order chi connectivity index (χ1) is 10.1. The monoisotopic (exact) mass is 287 g/mol. The summed E-state index contributed by atoms with van der Waals surface area (Å²) in [4.78, 5) is 18.5. The maximum absolute atomic E-state index is 12.6. The number of aryl methyl sites for hydroxylation is 1. The molecule has 0 aromatic carbocycles. The molecular formula is C15H21N5O. The first-order valence-corrected chi connectivity index (χ1v) is 7.03. The second-order valence-corrected chi connectivity index (χ2v) is 5.01. The van der Waals surface area contributed by atoms with Gasteiger partial charge in [0.2, 0.25) is 0 Å². The third-order valence-corrected chi connectivity index (χ3v) is 3.11. The molecular weight excluding hydrogens is 266 g/mol. The van der Waals surface area contributed by atoms with Gasteiger partial charge in [-0.05, 0) is 18.6 Å². The van der Waals surface area contributed by atoms with E-state index in [4.69, 9.17) is 0 Å². The molecule has 0 saturated heterocycles. The predicted octanol–water partition coefficient (Wildman–Crippen LogP) is 1.91. The van der Waals surface area contributed by atoms with E-state index in [9.17, 15) is 4.79 Å². The average Bonchev–Trinajstić information content (AvgIpc) is 2.89. The molecule has 2 rings (SSSR count). The third kappa shape index (κ3) is 3.81. The summed E-state index contributed by atoms with van der Waals surface area (Å²) >= 11 is 0. The molecule has 0 radical (unpaired) electrons. The summed E-state index contributed by atoms with van der Waals surface area (Å²) in [6, 6.07) is 3.58. The Morgan fingerprint density at radius 1 is 1.48 bits per heavy atom. The van der Waals surface area contributed by atoms with E-state index in [2.05, 4.69) is 22.3 Å². The van der Waals surface area contributed by atoms with Crippen molar-refractivity contribution in [2.24, 2.45) is 7.05 Å². The average molecular weight is 287 g/mol. The molecule has 0 aliphatic carbocycles. The Morgan fingerprint density at radius 3 is 2.95 bits per heavy atom. The number of aromatic nitrogens is 3. The Morgan fingerprint density at radius 2 is 2.29 bits per heavy atom. The molecule has 2 aromatic heterocycles. The lowest BCUT2D eigenvalue weighted by atomic mass is 10.2. The van der Waals surface area contributed by atoms with Crippen LogP contribution in [0.4, 0.5) is 5.82 Å². The number of anilines is 1. The van der Waals surface area contributed by atoms with E-state index in [1.165, 1.54) is 0 Å². The number of hydrogen-bond acceptors (Lipinski definition) is 4. The minimum absolute atomic E-state index is 0.0504. The highest BCUT2D eigenvalue weighted by molar-refractivity contribution is 5.98. The maximum Gasteiger partial charge on any atom is 0.257 e. The van der Waals surface area contributed by atoms with Crippen LogP contribution in [0.3, 0.4) is 0 Å². The first kappa shape index (κ1) is 15.0. The molecule has 0 aliphatic heterocycles. The number of nitrogens with zero attached hydrogens (tertiary/aromatic N) is 4. The molecule has 0 spiro atoms. The number of amides is 1. The van der Waals surface area contributed by atoms with Crippen LogP contribution in [0.2, 0.25) is 0 Å². The summed E-state index contributed by atoms with van der Waals surface area (Å²) in [5.74, 6) is 0.591. The van der Waals surface area contributed by atoms with Crippen LogP contribution < -0.4 is 5.32 Å². The molecule has 2 aromatic rings. The standard InChI is InChI=1S/C15H21N5O/c1-4-7-16-14-13(6-5-8-17-14)15(21)19(2)10-12-9-18-20(3)11-12/h5-6,8-9,11H,4,7,10H2,1-3H3,(H,16,17). The lowest BCUT2D eigenvalue weighted by Gasteiger charge is -2.18. The van der Waals surface area contributed by atoms with Gasteiger partial charge < -0.3 is 10.2 Å². The van der Waals surface area contributed by atoms with Gasteiger partial charge in [0.1, 0.15) is 5.82 Å². The van der Waals surface area contributed by atoms with Gasteiger partial charge in [-0.2, -0.15) is 5.10 Å². The molecule has 6 nitrogen and oxygen atoms in total. The SMILES string of the molecule is CCCNc1ncccc1C(=O)N(C)Cc1cnn(C)c1. The van der Waals surface area contributed by atoms with Crippen LogP contribution in [0, 0.1) is 0 Å². The van der Waals surface area contributed by atoms with Crippen molar-refractivity contribution in [3.8, 4) is 0 Å². The predicted molar refractivity (Wildman–Crippen MR) is 82.0 cm³/mol.